The zero-order chi connectivity index (χ0) is 20.7. The first-order valence-electron chi connectivity index (χ1n) is 8.66. The van der Waals surface area contributed by atoms with E-state index in [2.05, 4.69) is 0 Å². The lowest BCUT2D eigenvalue weighted by Gasteiger charge is -2.31. The van der Waals surface area contributed by atoms with Crippen molar-refractivity contribution in [3.63, 3.8) is 0 Å². The molecule has 0 amide bonds. The van der Waals surface area contributed by atoms with Crippen LogP contribution in [-0.2, 0) is 11.2 Å². The summed E-state index contributed by atoms with van der Waals surface area (Å²) >= 11 is 0. The first kappa shape index (κ1) is 21.0. The van der Waals surface area contributed by atoms with Crippen LogP contribution in [0.15, 0.2) is 55.0 Å². The molecule has 0 fully saturated rings. The summed E-state index contributed by atoms with van der Waals surface area (Å²) in [7, 11) is 0. The predicted octanol–water partition coefficient (Wildman–Crippen LogP) is 3.62. The fourth-order valence-corrected chi connectivity index (χ4v) is 2.67. The number of aromatic hydroxyl groups is 4. The molecule has 2 aromatic carbocycles. The average Bonchev–Trinajstić information content (AvgIpc) is 2.65. The van der Waals surface area contributed by atoms with Crippen LogP contribution in [0.25, 0.3) is 0 Å². The van der Waals surface area contributed by atoms with Crippen LogP contribution in [-0.4, -0.2) is 31.6 Å². The second-order valence-corrected chi connectivity index (χ2v) is 6.07. The Morgan fingerprint density at radius 1 is 0.929 bits per heavy atom. The second-order valence-electron chi connectivity index (χ2n) is 6.07. The maximum Gasteiger partial charge on any atom is 0.157 e. The maximum atomic E-state index is 10.2. The molecule has 3 rings (SSSR count). The van der Waals surface area contributed by atoms with Crippen molar-refractivity contribution in [3.05, 3.63) is 66.1 Å². The molecular weight excluding hydrogens is 364 g/mol. The number of benzene rings is 2. The van der Waals surface area contributed by atoms with Crippen molar-refractivity contribution in [1.29, 1.82) is 0 Å². The number of aliphatic hydroxyl groups excluding tert-OH is 1. The highest BCUT2D eigenvalue weighted by Crippen LogP contribution is 2.42. The van der Waals surface area contributed by atoms with Crippen LogP contribution < -0.4 is 4.74 Å². The first-order chi connectivity index (χ1) is 13.4. The largest absolute Gasteiger partial charge is 0.508 e. The van der Waals surface area contributed by atoms with E-state index in [1.54, 1.807) is 12.5 Å². The van der Waals surface area contributed by atoms with Crippen LogP contribution >= 0.6 is 0 Å². The van der Waals surface area contributed by atoms with Crippen molar-refractivity contribution in [2.75, 3.05) is 0 Å². The Morgan fingerprint density at radius 3 is 2.21 bits per heavy atom. The van der Waals surface area contributed by atoms with Gasteiger partial charge in [-0.1, -0.05) is 18.2 Å². The summed E-state index contributed by atoms with van der Waals surface area (Å²) in [6.07, 6.45) is 5.36. The second kappa shape index (κ2) is 9.57. The quantitative estimate of drug-likeness (QED) is 0.402. The summed E-state index contributed by atoms with van der Waals surface area (Å²) in [6.45, 7) is 3.81. The molecule has 7 heteroatoms. The van der Waals surface area contributed by atoms with Crippen molar-refractivity contribution < 1.29 is 35.0 Å². The highest BCUT2D eigenvalue weighted by atomic mass is 16.5. The van der Waals surface area contributed by atoms with Crippen LogP contribution in [0.3, 0.4) is 0 Å². The van der Waals surface area contributed by atoms with Gasteiger partial charge in [-0.3, -0.25) is 0 Å². The Kier molecular flexibility index (Phi) is 7.17. The number of fused-ring (bicyclic) bond motifs is 1. The zero-order valence-electron chi connectivity index (χ0n) is 15.6. The molecule has 1 heterocycles. The SMILES string of the molecule is C/C=C\O/C=C\C.Oc1cc(O)c2c(c1)O[C@H](c1ccc(O)c(O)c1)[C@@H](O)C2. The minimum Gasteiger partial charge on any atom is -0.508 e. The van der Waals surface area contributed by atoms with Gasteiger partial charge in [0.1, 0.15) is 23.4 Å². The summed E-state index contributed by atoms with van der Waals surface area (Å²) in [4.78, 5) is 0. The molecule has 150 valence electrons. The van der Waals surface area contributed by atoms with Crippen molar-refractivity contribution in [2.24, 2.45) is 0 Å². The van der Waals surface area contributed by atoms with Gasteiger partial charge in [-0.15, -0.1) is 0 Å². The molecule has 0 spiro atoms. The fourth-order valence-electron chi connectivity index (χ4n) is 2.67. The monoisotopic (exact) mass is 388 g/mol. The van der Waals surface area contributed by atoms with Gasteiger partial charge in [0.2, 0.25) is 0 Å². The summed E-state index contributed by atoms with van der Waals surface area (Å²) in [5.41, 5.74) is 0.894. The molecule has 0 aromatic heterocycles. The molecule has 0 aliphatic carbocycles. The van der Waals surface area contributed by atoms with Gasteiger partial charge in [0.25, 0.3) is 0 Å². The van der Waals surface area contributed by atoms with Gasteiger partial charge in [0.15, 0.2) is 11.5 Å². The number of rotatable bonds is 3. The van der Waals surface area contributed by atoms with Gasteiger partial charge < -0.3 is 35.0 Å². The van der Waals surface area contributed by atoms with Gasteiger partial charge in [-0.05, 0) is 31.5 Å². The van der Waals surface area contributed by atoms with Crippen LogP contribution in [0.5, 0.6) is 28.7 Å². The third-order valence-corrected chi connectivity index (χ3v) is 3.94. The van der Waals surface area contributed by atoms with Crippen molar-refractivity contribution in [3.8, 4) is 28.7 Å². The first-order valence-corrected chi connectivity index (χ1v) is 8.66. The highest BCUT2D eigenvalue weighted by molar-refractivity contribution is 5.52. The van der Waals surface area contributed by atoms with Crippen LogP contribution in [0.4, 0.5) is 0 Å². The number of ether oxygens (including phenoxy) is 2. The molecule has 0 radical (unpaired) electrons. The van der Waals surface area contributed by atoms with E-state index in [9.17, 15) is 25.5 Å². The number of hydrogen-bond acceptors (Lipinski definition) is 7. The molecule has 1 aliphatic rings. The lowest BCUT2D eigenvalue weighted by atomic mass is 9.94. The topological polar surface area (TPSA) is 120 Å². The molecule has 0 saturated carbocycles. The number of hydrogen-bond donors (Lipinski definition) is 5. The third kappa shape index (κ3) is 5.11. The zero-order valence-corrected chi connectivity index (χ0v) is 15.6. The van der Waals surface area contributed by atoms with Crippen LogP contribution in [0.2, 0.25) is 0 Å². The lowest BCUT2D eigenvalue weighted by Crippen LogP contribution is -2.30. The normalized spacial score (nSPS) is 18.2. The Bertz CT molecular complexity index is 848. The Hall–Kier alpha value is -3.32. The van der Waals surface area contributed by atoms with E-state index in [1.807, 2.05) is 26.0 Å². The molecule has 0 bridgehead atoms. The predicted molar refractivity (Wildman–Crippen MR) is 103 cm³/mol. The van der Waals surface area contributed by atoms with Crippen LogP contribution in [0.1, 0.15) is 31.1 Å². The molecule has 5 N–H and O–H groups in total. The number of phenolic OH excluding ortho intramolecular Hbond substituents is 4. The van der Waals surface area contributed by atoms with Gasteiger partial charge in [0.05, 0.1) is 18.6 Å². The standard InChI is InChI=1S/C15H14O6.C6H10O/c16-8-4-11(18)9-6-13(20)15(21-14(9)5-8)7-1-2-10(17)12(19)3-7;1-3-5-7-6-4-2/h1-5,13,15-20H,6H2;3-6H,1-2H3/b;5-3-,6-4-/t13-,15+;/m0./s1. The summed E-state index contributed by atoms with van der Waals surface area (Å²) < 4.78 is 10.4. The summed E-state index contributed by atoms with van der Waals surface area (Å²) in [5.74, 6) is -0.589. The van der Waals surface area contributed by atoms with E-state index < -0.39 is 12.2 Å². The van der Waals surface area contributed by atoms with Gasteiger partial charge in [0, 0.05) is 24.1 Å². The number of allylic oxidation sites excluding steroid dienone is 2. The summed E-state index contributed by atoms with van der Waals surface area (Å²) in [5, 5.41) is 48.3. The van der Waals surface area contributed by atoms with E-state index >= 15 is 0 Å². The van der Waals surface area contributed by atoms with Crippen molar-refractivity contribution >= 4 is 0 Å². The van der Waals surface area contributed by atoms with Gasteiger partial charge >= 0.3 is 0 Å². The van der Waals surface area contributed by atoms with Crippen molar-refractivity contribution in [1.82, 2.24) is 0 Å². The van der Waals surface area contributed by atoms with E-state index in [4.69, 9.17) is 9.47 Å². The van der Waals surface area contributed by atoms with E-state index in [1.165, 1.54) is 30.3 Å². The maximum absolute atomic E-state index is 10.2. The van der Waals surface area contributed by atoms with E-state index in [0.29, 0.717) is 11.1 Å². The average molecular weight is 388 g/mol. The van der Waals surface area contributed by atoms with Gasteiger partial charge in [-0.2, -0.15) is 0 Å². The molecule has 0 unspecified atom stereocenters. The molecule has 0 saturated heterocycles. The third-order valence-electron chi connectivity index (χ3n) is 3.94. The van der Waals surface area contributed by atoms with Gasteiger partial charge in [-0.25, -0.2) is 0 Å². The Labute approximate surface area is 163 Å². The minimum atomic E-state index is -0.933. The van der Waals surface area contributed by atoms with Crippen LogP contribution in [0, 0.1) is 0 Å². The molecule has 2 aromatic rings. The van der Waals surface area contributed by atoms with E-state index in [-0.39, 0.29) is 35.2 Å². The molecule has 1 aliphatic heterocycles. The fraction of sp³-hybridized carbons (Fsp3) is 0.238. The Balaban J connectivity index is 0.000000345. The number of phenols is 4. The molecule has 2 atom stereocenters. The van der Waals surface area contributed by atoms with Crippen molar-refractivity contribution in [2.45, 2.75) is 32.5 Å². The smallest absolute Gasteiger partial charge is 0.157 e. The minimum absolute atomic E-state index is 0.143. The molecular formula is C21H24O7. The molecule has 7 nitrogen and oxygen atoms in total. The number of aliphatic hydroxyl groups is 1. The lowest BCUT2D eigenvalue weighted by molar-refractivity contribution is 0.0197. The molecule has 28 heavy (non-hydrogen) atoms. The van der Waals surface area contributed by atoms with E-state index in [0.717, 1.165) is 0 Å². The highest BCUT2D eigenvalue weighted by Gasteiger charge is 2.32. The summed E-state index contributed by atoms with van der Waals surface area (Å²) in [6, 6.07) is 6.67. The Morgan fingerprint density at radius 2 is 1.61 bits per heavy atom.